The van der Waals surface area contributed by atoms with Gasteiger partial charge in [-0.2, -0.15) is 10.2 Å². The van der Waals surface area contributed by atoms with Gasteiger partial charge in [-0.25, -0.2) is 4.68 Å². The molecule has 0 aliphatic carbocycles. The van der Waals surface area contributed by atoms with Crippen LogP contribution < -0.4 is 5.32 Å². The molecule has 2 N–H and O–H groups in total. The first-order valence-electron chi connectivity index (χ1n) is 9.28. The number of rotatable bonds is 6. The highest BCUT2D eigenvalue weighted by molar-refractivity contribution is 5.76. The Labute approximate surface area is 160 Å². The molecule has 0 bridgehead atoms. The minimum absolute atomic E-state index is 0.0191. The molecule has 0 spiro atoms. The molecule has 2 aromatic heterocycles. The second kappa shape index (κ2) is 7.78. The van der Waals surface area contributed by atoms with Gasteiger partial charge in [-0.15, -0.1) is 0 Å². The monoisotopic (exact) mass is 365 g/mol. The SMILES string of the molecule is Cc1ccccc1-n1ncc([C@@H](C)NC(=O)CCc2n[nH]c(C)c2C)c1C. The maximum absolute atomic E-state index is 12.4. The van der Waals surface area contributed by atoms with E-state index in [1.165, 1.54) is 0 Å². The standard InChI is InChI=1S/C21H27N5O/c1-13-8-6-7-9-20(13)26-17(5)18(12-22-26)16(4)23-21(27)11-10-19-14(2)15(3)24-25-19/h6-9,12,16H,10-11H2,1-5H3,(H,23,27)(H,24,25)/t16-/m1/s1. The smallest absolute Gasteiger partial charge is 0.220 e. The number of benzene rings is 1. The molecule has 0 aliphatic heterocycles. The summed E-state index contributed by atoms with van der Waals surface area (Å²) in [6.07, 6.45) is 2.89. The predicted octanol–water partition coefficient (Wildman–Crippen LogP) is 3.64. The summed E-state index contributed by atoms with van der Waals surface area (Å²) >= 11 is 0. The molecule has 1 amide bonds. The van der Waals surface area contributed by atoms with Crippen LogP contribution >= 0.6 is 0 Å². The average molecular weight is 365 g/mol. The number of nitrogens with one attached hydrogen (secondary N) is 2. The summed E-state index contributed by atoms with van der Waals surface area (Å²) in [7, 11) is 0. The number of amides is 1. The first-order chi connectivity index (χ1) is 12.9. The van der Waals surface area contributed by atoms with Crippen molar-refractivity contribution in [3.63, 3.8) is 0 Å². The Hall–Kier alpha value is -2.89. The van der Waals surface area contributed by atoms with Crippen molar-refractivity contribution in [1.29, 1.82) is 0 Å². The maximum Gasteiger partial charge on any atom is 0.220 e. The molecule has 0 saturated heterocycles. The number of H-pyrrole nitrogens is 1. The van der Waals surface area contributed by atoms with Crippen molar-refractivity contribution in [2.45, 2.75) is 53.5 Å². The Bertz CT molecular complexity index is 953. The van der Waals surface area contributed by atoms with Crippen LogP contribution in [0.3, 0.4) is 0 Å². The van der Waals surface area contributed by atoms with Crippen molar-refractivity contribution < 1.29 is 4.79 Å². The summed E-state index contributed by atoms with van der Waals surface area (Å²) in [5.74, 6) is 0.0191. The summed E-state index contributed by atoms with van der Waals surface area (Å²) in [4.78, 5) is 12.4. The van der Waals surface area contributed by atoms with Crippen LogP contribution in [0.15, 0.2) is 30.5 Å². The highest BCUT2D eigenvalue weighted by atomic mass is 16.1. The van der Waals surface area contributed by atoms with Gasteiger partial charge in [0, 0.05) is 29.8 Å². The summed E-state index contributed by atoms with van der Waals surface area (Å²) < 4.78 is 1.93. The summed E-state index contributed by atoms with van der Waals surface area (Å²) in [6, 6.07) is 8.05. The van der Waals surface area contributed by atoms with Gasteiger partial charge in [0.25, 0.3) is 0 Å². The minimum atomic E-state index is -0.0997. The molecule has 3 rings (SSSR count). The average Bonchev–Trinajstić information content (AvgIpc) is 3.17. The Morgan fingerprint density at radius 2 is 1.96 bits per heavy atom. The van der Waals surface area contributed by atoms with Crippen molar-refractivity contribution in [3.05, 3.63) is 64.2 Å². The van der Waals surface area contributed by atoms with Gasteiger partial charge in [-0.05, 0) is 51.8 Å². The van der Waals surface area contributed by atoms with E-state index < -0.39 is 0 Å². The molecule has 6 heteroatoms. The lowest BCUT2D eigenvalue weighted by Crippen LogP contribution is -2.27. The van der Waals surface area contributed by atoms with Crippen LogP contribution in [0.25, 0.3) is 5.69 Å². The van der Waals surface area contributed by atoms with Crippen molar-refractivity contribution in [1.82, 2.24) is 25.3 Å². The number of nitrogens with zero attached hydrogens (tertiary/aromatic N) is 3. The summed E-state index contributed by atoms with van der Waals surface area (Å²) in [5, 5.41) is 14.8. The number of aromatic amines is 1. The third-order valence-electron chi connectivity index (χ3n) is 5.18. The van der Waals surface area contributed by atoms with E-state index in [9.17, 15) is 4.79 Å². The lowest BCUT2D eigenvalue weighted by atomic mass is 10.1. The van der Waals surface area contributed by atoms with Gasteiger partial charge in [0.05, 0.1) is 23.6 Å². The van der Waals surface area contributed by atoms with Gasteiger partial charge >= 0.3 is 0 Å². The molecule has 27 heavy (non-hydrogen) atoms. The summed E-state index contributed by atoms with van der Waals surface area (Å²) in [6.45, 7) is 10.1. The zero-order valence-electron chi connectivity index (χ0n) is 16.6. The van der Waals surface area contributed by atoms with Crippen molar-refractivity contribution in [3.8, 4) is 5.69 Å². The van der Waals surface area contributed by atoms with Crippen LogP contribution in [0.2, 0.25) is 0 Å². The second-order valence-corrected chi connectivity index (χ2v) is 7.09. The molecule has 0 fully saturated rings. The van der Waals surface area contributed by atoms with Gasteiger partial charge in [0.2, 0.25) is 5.91 Å². The lowest BCUT2D eigenvalue weighted by Gasteiger charge is -2.14. The van der Waals surface area contributed by atoms with E-state index in [2.05, 4.69) is 39.7 Å². The molecule has 0 saturated carbocycles. The molecule has 0 aliphatic rings. The Morgan fingerprint density at radius 3 is 2.63 bits per heavy atom. The Balaban J connectivity index is 1.66. The van der Waals surface area contributed by atoms with Gasteiger partial charge in [-0.3, -0.25) is 9.89 Å². The summed E-state index contributed by atoms with van der Waals surface area (Å²) in [5.41, 5.74) is 7.43. The molecule has 6 nitrogen and oxygen atoms in total. The molecular formula is C21H27N5O. The van der Waals surface area contributed by atoms with Crippen LogP contribution in [0.4, 0.5) is 0 Å². The largest absolute Gasteiger partial charge is 0.349 e. The van der Waals surface area contributed by atoms with E-state index in [1.807, 2.05) is 50.7 Å². The van der Waals surface area contributed by atoms with Gasteiger partial charge in [0.1, 0.15) is 0 Å². The Morgan fingerprint density at radius 1 is 1.22 bits per heavy atom. The van der Waals surface area contributed by atoms with Crippen molar-refractivity contribution in [2.24, 2.45) is 0 Å². The molecule has 0 unspecified atom stereocenters. The normalized spacial score (nSPS) is 12.2. The van der Waals surface area contributed by atoms with Crippen LogP contribution in [-0.4, -0.2) is 25.9 Å². The molecular weight excluding hydrogens is 338 g/mol. The molecule has 1 atom stereocenters. The van der Waals surface area contributed by atoms with E-state index in [-0.39, 0.29) is 11.9 Å². The number of aryl methyl sites for hydroxylation is 3. The molecule has 2 heterocycles. The van der Waals surface area contributed by atoms with Crippen molar-refractivity contribution >= 4 is 5.91 Å². The van der Waals surface area contributed by atoms with Gasteiger partial charge in [0.15, 0.2) is 0 Å². The van der Waals surface area contributed by atoms with Crippen LogP contribution in [-0.2, 0) is 11.2 Å². The molecule has 3 aromatic rings. The second-order valence-electron chi connectivity index (χ2n) is 7.09. The third-order valence-corrected chi connectivity index (χ3v) is 5.18. The quantitative estimate of drug-likeness (QED) is 0.700. The maximum atomic E-state index is 12.4. The van der Waals surface area contributed by atoms with Crippen LogP contribution in [0.1, 0.15) is 53.2 Å². The van der Waals surface area contributed by atoms with Crippen LogP contribution in [0.5, 0.6) is 0 Å². The molecule has 142 valence electrons. The van der Waals surface area contributed by atoms with Crippen molar-refractivity contribution in [2.75, 3.05) is 0 Å². The number of aromatic nitrogens is 4. The predicted molar refractivity (Wildman–Crippen MR) is 106 cm³/mol. The minimum Gasteiger partial charge on any atom is -0.349 e. The fourth-order valence-corrected chi connectivity index (χ4v) is 3.29. The Kier molecular flexibility index (Phi) is 5.44. The number of hydrogen-bond acceptors (Lipinski definition) is 3. The number of carbonyl (C=O) groups is 1. The van der Waals surface area contributed by atoms with E-state index >= 15 is 0 Å². The fraction of sp³-hybridized carbons (Fsp3) is 0.381. The van der Waals surface area contributed by atoms with E-state index in [0.29, 0.717) is 12.8 Å². The topological polar surface area (TPSA) is 75.6 Å². The zero-order chi connectivity index (χ0) is 19.6. The van der Waals surface area contributed by atoms with E-state index in [0.717, 1.165) is 39.5 Å². The number of para-hydroxylation sites is 1. The lowest BCUT2D eigenvalue weighted by molar-refractivity contribution is -0.121. The van der Waals surface area contributed by atoms with E-state index in [1.54, 1.807) is 0 Å². The number of carbonyl (C=O) groups excluding carboxylic acids is 1. The number of hydrogen-bond donors (Lipinski definition) is 2. The zero-order valence-corrected chi connectivity index (χ0v) is 16.6. The first-order valence-corrected chi connectivity index (χ1v) is 9.28. The van der Waals surface area contributed by atoms with Gasteiger partial charge < -0.3 is 5.32 Å². The third kappa shape index (κ3) is 3.94. The molecule has 1 aromatic carbocycles. The van der Waals surface area contributed by atoms with Crippen LogP contribution in [0, 0.1) is 27.7 Å². The highest BCUT2D eigenvalue weighted by Gasteiger charge is 2.17. The first kappa shape index (κ1) is 18.9. The highest BCUT2D eigenvalue weighted by Crippen LogP contribution is 2.22. The molecule has 0 radical (unpaired) electrons. The van der Waals surface area contributed by atoms with E-state index in [4.69, 9.17) is 0 Å². The fourth-order valence-electron chi connectivity index (χ4n) is 3.29. The van der Waals surface area contributed by atoms with Gasteiger partial charge in [-0.1, -0.05) is 18.2 Å².